The molecule has 3 nitrogen and oxygen atoms in total. The molecule has 1 heterocycles. The minimum Gasteiger partial charge on any atom is -0.478 e. The van der Waals surface area contributed by atoms with Gasteiger partial charge in [-0.3, -0.25) is 0 Å². The molecule has 4 rings (SSSR count). The summed E-state index contributed by atoms with van der Waals surface area (Å²) >= 11 is 1.63. The number of carboxylic acid groups (broad SMARTS) is 1. The normalized spacial score (nSPS) is 14.4. The van der Waals surface area contributed by atoms with Gasteiger partial charge in [-0.25, -0.2) is 9.78 Å². The zero-order chi connectivity index (χ0) is 19.7. The monoisotopic (exact) mass is 385 g/mol. The highest BCUT2D eigenvalue weighted by atomic mass is 32.1. The standard InChI is InChI=1S/C24H19NO2S/c1-24(2)12-11-19(22-25-13-14-28-22)20-15-16(8-10-21(20)24)7-9-17-5-3-4-6-18(17)23(26)27/h3-6,8,10-11,13-15H,12H2,1-2H3,(H,26,27). The van der Waals surface area contributed by atoms with Crippen molar-refractivity contribution in [2.75, 3.05) is 0 Å². The van der Waals surface area contributed by atoms with Gasteiger partial charge in [0.25, 0.3) is 0 Å². The van der Waals surface area contributed by atoms with Gasteiger partial charge in [0, 0.05) is 28.3 Å². The zero-order valence-electron chi connectivity index (χ0n) is 15.7. The molecule has 138 valence electrons. The number of hydrogen-bond acceptors (Lipinski definition) is 3. The predicted octanol–water partition coefficient (Wildman–Crippen LogP) is 5.35. The Morgan fingerprint density at radius 3 is 2.75 bits per heavy atom. The van der Waals surface area contributed by atoms with Crippen LogP contribution in [0.15, 0.2) is 60.1 Å². The van der Waals surface area contributed by atoms with Crippen LogP contribution in [0, 0.1) is 11.8 Å². The first-order valence-electron chi connectivity index (χ1n) is 9.05. The van der Waals surface area contributed by atoms with Crippen LogP contribution in [0.1, 0.15) is 57.9 Å². The van der Waals surface area contributed by atoms with E-state index < -0.39 is 5.97 Å². The summed E-state index contributed by atoms with van der Waals surface area (Å²) in [6, 6.07) is 13.1. The second-order valence-corrected chi connectivity index (χ2v) is 8.30. The lowest BCUT2D eigenvalue weighted by Crippen LogP contribution is -2.21. The molecule has 2 aromatic carbocycles. The Kier molecular flexibility index (Phi) is 4.62. The lowest BCUT2D eigenvalue weighted by Gasteiger charge is -2.31. The Labute approximate surface area is 168 Å². The van der Waals surface area contributed by atoms with E-state index in [4.69, 9.17) is 0 Å². The van der Waals surface area contributed by atoms with Crippen molar-refractivity contribution in [3.63, 3.8) is 0 Å². The summed E-state index contributed by atoms with van der Waals surface area (Å²) in [5, 5.41) is 12.3. The molecule has 1 aromatic heterocycles. The molecule has 1 aliphatic carbocycles. The van der Waals surface area contributed by atoms with E-state index in [0.29, 0.717) is 5.56 Å². The second kappa shape index (κ2) is 7.10. The Morgan fingerprint density at radius 1 is 1.18 bits per heavy atom. The third-order valence-corrected chi connectivity index (χ3v) is 5.82. The van der Waals surface area contributed by atoms with Gasteiger partial charge in [-0.2, -0.15) is 0 Å². The van der Waals surface area contributed by atoms with Crippen LogP contribution in [0.5, 0.6) is 0 Å². The molecule has 0 amide bonds. The van der Waals surface area contributed by atoms with Crippen molar-refractivity contribution in [3.05, 3.63) is 92.9 Å². The van der Waals surface area contributed by atoms with Crippen LogP contribution in [-0.4, -0.2) is 16.1 Å². The Morgan fingerprint density at radius 2 is 2.00 bits per heavy atom. The number of thiazole rings is 1. The molecule has 0 unspecified atom stereocenters. The van der Waals surface area contributed by atoms with Gasteiger partial charge in [-0.15, -0.1) is 11.3 Å². The number of aromatic nitrogens is 1. The topological polar surface area (TPSA) is 50.2 Å². The van der Waals surface area contributed by atoms with Gasteiger partial charge >= 0.3 is 5.97 Å². The van der Waals surface area contributed by atoms with Gasteiger partial charge in [0.1, 0.15) is 5.01 Å². The molecule has 0 radical (unpaired) electrons. The van der Waals surface area contributed by atoms with E-state index in [1.807, 2.05) is 17.6 Å². The highest BCUT2D eigenvalue weighted by molar-refractivity contribution is 7.10. The van der Waals surface area contributed by atoms with Gasteiger partial charge < -0.3 is 5.11 Å². The van der Waals surface area contributed by atoms with Crippen molar-refractivity contribution in [2.24, 2.45) is 0 Å². The summed E-state index contributed by atoms with van der Waals surface area (Å²) in [5.74, 6) is 5.20. The summed E-state index contributed by atoms with van der Waals surface area (Å²) in [7, 11) is 0. The highest BCUT2D eigenvalue weighted by Gasteiger charge is 2.29. The molecular formula is C24H19NO2S. The minimum atomic E-state index is -0.967. The third-order valence-electron chi connectivity index (χ3n) is 5.02. The Hall–Kier alpha value is -3.16. The van der Waals surface area contributed by atoms with Crippen molar-refractivity contribution < 1.29 is 9.90 Å². The minimum absolute atomic E-state index is 0.0535. The summed E-state index contributed by atoms with van der Waals surface area (Å²) < 4.78 is 0. The summed E-state index contributed by atoms with van der Waals surface area (Å²) in [4.78, 5) is 15.9. The van der Waals surface area contributed by atoms with Crippen LogP contribution in [-0.2, 0) is 5.41 Å². The molecular weight excluding hydrogens is 366 g/mol. The predicted molar refractivity (Wildman–Crippen MR) is 113 cm³/mol. The number of allylic oxidation sites excluding steroid dienone is 1. The summed E-state index contributed by atoms with van der Waals surface area (Å²) in [5.41, 5.74) is 5.25. The Balaban J connectivity index is 1.79. The van der Waals surface area contributed by atoms with Crippen molar-refractivity contribution in [3.8, 4) is 11.8 Å². The molecule has 0 fully saturated rings. The van der Waals surface area contributed by atoms with Crippen LogP contribution >= 0.6 is 11.3 Å². The molecule has 4 heteroatoms. The number of carbonyl (C=O) groups is 1. The van der Waals surface area contributed by atoms with Crippen molar-refractivity contribution in [1.29, 1.82) is 0 Å². The average Bonchev–Trinajstić information content (AvgIpc) is 3.21. The average molecular weight is 385 g/mol. The maximum Gasteiger partial charge on any atom is 0.336 e. The smallest absolute Gasteiger partial charge is 0.336 e. The van der Waals surface area contributed by atoms with Gasteiger partial charge in [-0.1, -0.05) is 50.0 Å². The Bertz CT molecular complexity index is 1140. The van der Waals surface area contributed by atoms with Crippen LogP contribution in [0.25, 0.3) is 5.57 Å². The number of nitrogens with zero attached hydrogens (tertiary/aromatic N) is 1. The number of hydrogen-bond donors (Lipinski definition) is 1. The molecule has 28 heavy (non-hydrogen) atoms. The first-order valence-corrected chi connectivity index (χ1v) is 9.93. The molecule has 0 bridgehead atoms. The van der Waals surface area contributed by atoms with Gasteiger partial charge in [0.05, 0.1) is 5.56 Å². The van der Waals surface area contributed by atoms with Crippen molar-refractivity contribution in [2.45, 2.75) is 25.7 Å². The van der Waals surface area contributed by atoms with Gasteiger partial charge in [0.15, 0.2) is 0 Å². The number of aromatic carboxylic acids is 1. The van der Waals surface area contributed by atoms with E-state index in [0.717, 1.165) is 28.1 Å². The van der Waals surface area contributed by atoms with Crippen LogP contribution in [0.2, 0.25) is 0 Å². The molecule has 0 aliphatic heterocycles. The van der Waals surface area contributed by atoms with Gasteiger partial charge in [0.2, 0.25) is 0 Å². The summed E-state index contributed by atoms with van der Waals surface area (Å²) in [6.07, 6.45) is 5.05. The van der Waals surface area contributed by atoms with Crippen LogP contribution < -0.4 is 0 Å². The van der Waals surface area contributed by atoms with Crippen molar-refractivity contribution >= 4 is 22.9 Å². The van der Waals surface area contributed by atoms with E-state index in [-0.39, 0.29) is 11.0 Å². The van der Waals surface area contributed by atoms with E-state index in [2.05, 4.69) is 48.9 Å². The number of rotatable bonds is 2. The molecule has 3 aromatic rings. The van der Waals surface area contributed by atoms with Crippen LogP contribution in [0.4, 0.5) is 0 Å². The molecule has 0 saturated carbocycles. The van der Waals surface area contributed by atoms with E-state index in [1.165, 1.54) is 5.56 Å². The van der Waals surface area contributed by atoms with Crippen molar-refractivity contribution in [1.82, 2.24) is 4.98 Å². The number of benzene rings is 2. The quantitative estimate of drug-likeness (QED) is 0.605. The van der Waals surface area contributed by atoms with Crippen LogP contribution in [0.3, 0.4) is 0 Å². The lowest BCUT2D eigenvalue weighted by molar-refractivity contribution is 0.0696. The molecule has 1 N–H and O–H groups in total. The highest BCUT2D eigenvalue weighted by Crippen LogP contribution is 2.41. The van der Waals surface area contributed by atoms with E-state index >= 15 is 0 Å². The fourth-order valence-corrected chi connectivity index (χ4v) is 4.18. The summed E-state index contributed by atoms with van der Waals surface area (Å²) in [6.45, 7) is 4.49. The first kappa shape index (κ1) is 18.2. The fraction of sp³-hybridized carbons (Fsp3) is 0.167. The molecule has 0 saturated heterocycles. The molecule has 0 atom stereocenters. The molecule has 0 spiro atoms. The maximum absolute atomic E-state index is 11.4. The molecule has 1 aliphatic rings. The largest absolute Gasteiger partial charge is 0.478 e. The number of carboxylic acids is 1. The van der Waals surface area contributed by atoms with E-state index in [1.54, 1.807) is 35.6 Å². The van der Waals surface area contributed by atoms with E-state index in [9.17, 15) is 9.90 Å². The SMILES string of the molecule is CC1(C)CC=C(c2nccs2)c2cc(C#Cc3ccccc3C(=O)O)ccc21. The maximum atomic E-state index is 11.4. The first-order chi connectivity index (χ1) is 13.5. The number of fused-ring (bicyclic) bond motifs is 1. The van der Waals surface area contributed by atoms with Gasteiger partial charge in [-0.05, 0) is 47.2 Å². The second-order valence-electron chi connectivity index (χ2n) is 7.40. The fourth-order valence-electron chi connectivity index (χ4n) is 3.49. The lowest BCUT2D eigenvalue weighted by atomic mass is 9.73. The third kappa shape index (κ3) is 3.37. The zero-order valence-corrected chi connectivity index (χ0v) is 16.5.